The highest BCUT2D eigenvalue weighted by atomic mass is 79.9. The topological polar surface area (TPSA) is 66.5 Å². The first-order chi connectivity index (χ1) is 13.3. The van der Waals surface area contributed by atoms with E-state index in [1.807, 2.05) is 6.26 Å². The Labute approximate surface area is 176 Å². The molecule has 2 aromatic rings. The van der Waals surface area contributed by atoms with E-state index in [0.29, 0.717) is 17.3 Å². The number of hydrogen-bond donors (Lipinski definition) is 1. The summed E-state index contributed by atoms with van der Waals surface area (Å²) in [6, 6.07) is 11.2. The lowest BCUT2D eigenvalue weighted by molar-refractivity contribution is -0.120. The number of halogens is 2. The predicted molar refractivity (Wildman–Crippen MR) is 112 cm³/mol. The Balaban J connectivity index is 1.62. The van der Waals surface area contributed by atoms with E-state index < -0.39 is 15.8 Å². The van der Waals surface area contributed by atoms with Crippen LogP contribution in [0.4, 0.5) is 10.1 Å². The minimum Gasteiger partial charge on any atom is -0.323 e. The largest absolute Gasteiger partial charge is 0.323 e. The first-order valence-corrected chi connectivity index (χ1v) is 12.2. The molecule has 1 fully saturated rings. The van der Waals surface area contributed by atoms with Crippen LogP contribution in [0.3, 0.4) is 0 Å². The number of hydrogen-bond acceptors (Lipinski definition) is 4. The summed E-state index contributed by atoms with van der Waals surface area (Å²) < 4.78 is 41.5. The van der Waals surface area contributed by atoms with Gasteiger partial charge in [0.15, 0.2) is 0 Å². The van der Waals surface area contributed by atoms with Crippen LogP contribution in [0.5, 0.6) is 0 Å². The van der Waals surface area contributed by atoms with Gasteiger partial charge in [0.2, 0.25) is 15.9 Å². The summed E-state index contributed by atoms with van der Waals surface area (Å²) in [7, 11) is -3.58. The van der Waals surface area contributed by atoms with Crippen LogP contribution in [0.1, 0.15) is 12.8 Å². The van der Waals surface area contributed by atoms with Crippen molar-refractivity contribution < 1.29 is 17.6 Å². The van der Waals surface area contributed by atoms with Gasteiger partial charge in [0.05, 0.1) is 10.6 Å². The van der Waals surface area contributed by atoms with Gasteiger partial charge in [-0.1, -0.05) is 15.9 Å². The van der Waals surface area contributed by atoms with Crippen molar-refractivity contribution in [2.45, 2.75) is 22.6 Å². The molecule has 1 saturated heterocycles. The molecule has 1 aliphatic rings. The standard InChI is InChI=1S/C19H20BrFN2O3S2/c1-27-15-3-5-16(6-4-15)28(25,26)23-10-8-13(9-11-23)19(24)22-18-7-2-14(20)12-17(18)21/h2-7,12-13H,8-11H2,1H3,(H,22,24). The van der Waals surface area contributed by atoms with Gasteiger partial charge in [0.1, 0.15) is 5.82 Å². The van der Waals surface area contributed by atoms with Crippen molar-refractivity contribution in [3.63, 3.8) is 0 Å². The van der Waals surface area contributed by atoms with Gasteiger partial charge in [0, 0.05) is 28.4 Å². The van der Waals surface area contributed by atoms with Crippen molar-refractivity contribution in [2.24, 2.45) is 5.92 Å². The predicted octanol–water partition coefficient (Wildman–Crippen LogP) is 4.35. The Morgan fingerprint density at radius 1 is 1.18 bits per heavy atom. The average Bonchev–Trinajstić information content (AvgIpc) is 2.70. The van der Waals surface area contributed by atoms with E-state index in [9.17, 15) is 17.6 Å². The fraction of sp³-hybridized carbons (Fsp3) is 0.316. The number of thioether (sulfide) groups is 1. The first kappa shape index (κ1) is 21.3. The number of nitrogens with zero attached hydrogens (tertiary/aromatic N) is 1. The fourth-order valence-electron chi connectivity index (χ4n) is 3.08. The van der Waals surface area contributed by atoms with Gasteiger partial charge in [-0.05, 0) is 61.6 Å². The molecular formula is C19H20BrFN2O3S2. The quantitative estimate of drug-likeness (QED) is 0.637. The molecule has 1 amide bonds. The molecule has 0 unspecified atom stereocenters. The van der Waals surface area contributed by atoms with E-state index in [1.165, 1.54) is 16.4 Å². The van der Waals surface area contributed by atoms with Crippen molar-refractivity contribution in [1.29, 1.82) is 0 Å². The maximum Gasteiger partial charge on any atom is 0.243 e. The van der Waals surface area contributed by atoms with Crippen LogP contribution in [0, 0.1) is 11.7 Å². The normalized spacial score (nSPS) is 16.1. The molecule has 150 valence electrons. The molecule has 0 aromatic heterocycles. The van der Waals surface area contributed by atoms with Gasteiger partial charge in [0.25, 0.3) is 0 Å². The van der Waals surface area contributed by atoms with Crippen molar-refractivity contribution in [2.75, 3.05) is 24.7 Å². The number of nitrogens with one attached hydrogen (secondary N) is 1. The maximum atomic E-state index is 13.9. The summed E-state index contributed by atoms with van der Waals surface area (Å²) in [5.41, 5.74) is 0.122. The molecule has 0 spiro atoms. The zero-order chi connectivity index (χ0) is 20.3. The van der Waals surface area contributed by atoms with Crippen molar-refractivity contribution >= 4 is 49.3 Å². The molecule has 5 nitrogen and oxygen atoms in total. The van der Waals surface area contributed by atoms with E-state index in [2.05, 4.69) is 21.2 Å². The molecule has 1 aliphatic heterocycles. The highest BCUT2D eigenvalue weighted by Gasteiger charge is 2.32. The van der Waals surface area contributed by atoms with Crippen LogP contribution in [0.2, 0.25) is 0 Å². The summed E-state index contributed by atoms with van der Waals surface area (Å²) in [5.74, 6) is -1.16. The minimum atomic E-state index is -3.58. The van der Waals surface area contributed by atoms with Crippen LogP contribution < -0.4 is 5.32 Å². The van der Waals surface area contributed by atoms with E-state index in [1.54, 1.807) is 42.1 Å². The van der Waals surface area contributed by atoms with Crippen molar-refractivity contribution in [3.8, 4) is 0 Å². The Morgan fingerprint density at radius 2 is 1.82 bits per heavy atom. The number of rotatable bonds is 5. The molecule has 0 atom stereocenters. The molecular weight excluding hydrogens is 467 g/mol. The van der Waals surface area contributed by atoms with Gasteiger partial charge in [-0.15, -0.1) is 11.8 Å². The van der Waals surface area contributed by atoms with Crippen LogP contribution in [-0.4, -0.2) is 38.0 Å². The number of amides is 1. The number of sulfonamides is 1. The SMILES string of the molecule is CSc1ccc(S(=O)(=O)N2CCC(C(=O)Nc3ccc(Br)cc3F)CC2)cc1. The average molecular weight is 487 g/mol. The van der Waals surface area contributed by atoms with E-state index >= 15 is 0 Å². The summed E-state index contributed by atoms with van der Waals surface area (Å²) >= 11 is 4.72. The maximum absolute atomic E-state index is 13.9. The fourth-order valence-corrected chi connectivity index (χ4v) is 5.29. The monoisotopic (exact) mass is 486 g/mol. The third kappa shape index (κ3) is 4.76. The number of carbonyl (C=O) groups is 1. The van der Waals surface area contributed by atoms with Gasteiger partial charge in [-0.25, -0.2) is 12.8 Å². The number of anilines is 1. The lowest BCUT2D eigenvalue weighted by Gasteiger charge is -2.30. The Bertz CT molecular complexity index is 960. The summed E-state index contributed by atoms with van der Waals surface area (Å²) in [6.45, 7) is 0.515. The van der Waals surface area contributed by atoms with Crippen LogP contribution >= 0.6 is 27.7 Å². The first-order valence-electron chi connectivity index (χ1n) is 8.71. The molecule has 28 heavy (non-hydrogen) atoms. The smallest absolute Gasteiger partial charge is 0.243 e. The highest BCUT2D eigenvalue weighted by molar-refractivity contribution is 9.10. The molecule has 1 N–H and O–H groups in total. The van der Waals surface area contributed by atoms with Crippen molar-refractivity contribution in [3.05, 3.63) is 52.8 Å². The zero-order valence-electron chi connectivity index (χ0n) is 15.2. The van der Waals surface area contributed by atoms with E-state index in [4.69, 9.17) is 0 Å². The second kappa shape index (κ2) is 8.94. The van der Waals surface area contributed by atoms with Crippen LogP contribution in [-0.2, 0) is 14.8 Å². The van der Waals surface area contributed by atoms with Crippen LogP contribution in [0.25, 0.3) is 0 Å². The highest BCUT2D eigenvalue weighted by Crippen LogP contribution is 2.27. The van der Waals surface area contributed by atoms with Gasteiger partial charge < -0.3 is 5.32 Å². The van der Waals surface area contributed by atoms with E-state index in [0.717, 1.165) is 4.90 Å². The van der Waals surface area contributed by atoms with E-state index in [-0.39, 0.29) is 35.5 Å². The second-order valence-electron chi connectivity index (χ2n) is 6.47. The van der Waals surface area contributed by atoms with Gasteiger partial charge in [-0.2, -0.15) is 4.31 Å². The number of piperidine rings is 1. The molecule has 1 heterocycles. The third-order valence-electron chi connectivity index (χ3n) is 4.71. The Hall–Kier alpha value is -1.42. The lowest BCUT2D eigenvalue weighted by Crippen LogP contribution is -2.41. The van der Waals surface area contributed by atoms with Crippen molar-refractivity contribution in [1.82, 2.24) is 4.31 Å². The molecule has 0 saturated carbocycles. The molecule has 9 heteroatoms. The number of benzene rings is 2. The molecule has 0 bridgehead atoms. The summed E-state index contributed by atoms with van der Waals surface area (Å²) in [5, 5.41) is 2.60. The minimum absolute atomic E-state index is 0.122. The summed E-state index contributed by atoms with van der Waals surface area (Å²) in [4.78, 5) is 13.7. The van der Waals surface area contributed by atoms with Gasteiger partial charge >= 0.3 is 0 Å². The third-order valence-corrected chi connectivity index (χ3v) is 7.86. The molecule has 0 aliphatic carbocycles. The molecule has 3 rings (SSSR count). The zero-order valence-corrected chi connectivity index (χ0v) is 18.4. The van der Waals surface area contributed by atoms with Gasteiger partial charge in [-0.3, -0.25) is 4.79 Å². The van der Waals surface area contributed by atoms with Crippen LogP contribution in [0.15, 0.2) is 56.7 Å². The Kier molecular flexibility index (Phi) is 6.80. The molecule has 0 radical (unpaired) electrons. The Morgan fingerprint density at radius 3 is 2.39 bits per heavy atom. The summed E-state index contributed by atoms with van der Waals surface area (Å²) in [6.07, 6.45) is 2.72. The number of carbonyl (C=O) groups excluding carboxylic acids is 1. The molecule has 2 aromatic carbocycles. The second-order valence-corrected chi connectivity index (χ2v) is 10.2. The lowest BCUT2D eigenvalue weighted by atomic mass is 9.97.